The van der Waals surface area contributed by atoms with E-state index in [0.717, 1.165) is 16.7 Å². The summed E-state index contributed by atoms with van der Waals surface area (Å²) in [6.45, 7) is 3.37. The zero-order chi connectivity index (χ0) is 27.2. The van der Waals surface area contributed by atoms with Crippen LogP contribution in [0.15, 0.2) is 48.5 Å². The Labute approximate surface area is 215 Å². The molecule has 0 radical (unpaired) electrons. The molecule has 0 unspecified atom stereocenters. The summed E-state index contributed by atoms with van der Waals surface area (Å²) < 4.78 is 35.9. The Morgan fingerprint density at radius 1 is 1.11 bits per heavy atom. The minimum atomic E-state index is -3.41. The highest BCUT2D eigenvalue weighted by Crippen LogP contribution is 2.19. The number of ether oxygens (including phenoxy) is 2. The number of nitrogens with one attached hydrogen (secondary N) is 1. The van der Waals surface area contributed by atoms with Crippen LogP contribution in [0.5, 0.6) is 0 Å². The molecule has 3 rings (SSSR count). The predicted octanol–water partition coefficient (Wildman–Crippen LogP) is 1.41. The zero-order valence-electron chi connectivity index (χ0n) is 21.2. The highest BCUT2D eigenvalue weighted by Gasteiger charge is 2.28. The van der Waals surface area contributed by atoms with Crippen molar-refractivity contribution >= 4 is 27.5 Å². The monoisotopic (exact) mass is 532 g/mol. The Balaban J connectivity index is 1.85. The molecule has 0 saturated carbocycles. The number of hydrogen-bond acceptors (Lipinski definition) is 9. The van der Waals surface area contributed by atoms with Crippen molar-refractivity contribution in [2.45, 2.75) is 38.6 Å². The van der Waals surface area contributed by atoms with E-state index >= 15 is 0 Å². The molecule has 13 heteroatoms. The van der Waals surface area contributed by atoms with Gasteiger partial charge in [-0.3, -0.25) is 14.1 Å². The fraction of sp³-hybridized carbons (Fsp3) is 0.417. The molecule has 0 spiro atoms. The average Bonchev–Trinajstić information content (AvgIpc) is 3.25. The molecule has 0 aliphatic carbocycles. The lowest BCUT2D eigenvalue weighted by molar-refractivity contribution is -0.126. The van der Waals surface area contributed by atoms with Crippen molar-refractivity contribution in [1.82, 2.24) is 24.8 Å². The van der Waals surface area contributed by atoms with Gasteiger partial charge in [0, 0.05) is 13.3 Å². The van der Waals surface area contributed by atoms with Gasteiger partial charge in [0.2, 0.25) is 5.91 Å². The lowest BCUT2D eigenvalue weighted by atomic mass is 10.1. The Kier molecular flexibility index (Phi) is 8.84. The van der Waals surface area contributed by atoms with E-state index < -0.39 is 39.3 Å². The number of sulfone groups is 1. The quantitative estimate of drug-likeness (QED) is 0.372. The summed E-state index contributed by atoms with van der Waals surface area (Å²) in [5, 5.41) is 11.3. The number of benzene rings is 1. The van der Waals surface area contributed by atoms with Gasteiger partial charge in [0.25, 0.3) is 0 Å². The lowest BCUT2D eigenvalue weighted by Gasteiger charge is -2.24. The maximum Gasteiger partial charge on any atom is 0.410 e. The highest BCUT2D eigenvalue weighted by atomic mass is 32.2. The number of carbonyl (C=O) groups is 2. The fourth-order valence-corrected chi connectivity index (χ4v) is 4.22. The number of pyridine rings is 1. The maximum atomic E-state index is 12.8. The number of carbonyl (C=O) groups excluding carboxylic acids is 2. The van der Waals surface area contributed by atoms with E-state index in [-0.39, 0.29) is 13.2 Å². The van der Waals surface area contributed by atoms with Crippen LogP contribution in [0.25, 0.3) is 5.65 Å². The molecule has 2 amide bonds. The second-order valence-corrected chi connectivity index (χ2v) is 11.4. The Morgan fingerprint density at radius 2 is 1.81 bits per heavy atom. The SMILES string of the molecule is CN(CS(C)(=O)=O)C(=O)OCc1cccc2nnc([C@@H](COCc3ccccc3)NC(=O)C(C)(C)N)n12. The molecule has 2 heterocycles. The molecular weight excluding hydrogens is 500 g/mol. The number of aromatic nitrogens is 3. The van der Waals surface area contributed by atoms with Crippen LogP contribution >= 0.6 is 0 Å². The third-order valence-corrected chi connectivity index (χ3v) is 6.07. The number of fused-ring (bicyclic) bond motifs is 1. The van der Waals surface area contributed by atoms with Crippen LogP contribution in [0.3, 0.4) is 0 Å². The molecule has 3 N–H and O–H groups in total. The van der Waals surface area contributed by atoms with Gasteiger partial charge in [-0.05, 0) is 31.5 Å². The molecule has 12 nitrogen and oxygen atoms in total. The second-order valence-electron chi connectivity index (χ2n) is 9.32. The lowest BCUT2D eigenvalue weighted by Crippen LogP contribution is -2.51. The Bertz CT molecular complexity index is 1340. The molecule has 0 aliphatic heterocycles. The van der Waals surface area contributed by atoms with E-state index in [9.17, 15) is 18.0 Å². The maximum absolute atomic E-state index is 12.8. The second kappa shape index (κ2) is 11.7. The summed E-state index contributed by atoms with van der Waals surface area (Å²) >= 11 is 0. The third-order valence-electron chi connectivity index (χ3n) is 5.22. The minimum absolute atomic E-state index is 0.0721. The molecule has 1 aromatic carbocycles. The summed E-state index contributed by atoms with van der Waals surface area (Å²) in [6, 6.07) is 14.0. The number of amides is 2. The first-order chi connectivity index (χ1) is 17.3. The van der Waals surface area contributed by atoms with Gasteiger partial charge in [-0.25, -0.2) is 13.2 Å². The first-order valence-electron chi connectivity index (χ1n) is 11.4. The molecule has 3 aromatic rings. The van der Waals surface area contributed by atoms with Crippen LogP contribution in [-0.4, -0.2) is 71.2 Å². The summed E-state index contributed by atoms with van der Waals surface area (Å²) in [5.74, 6) is -0.531. The molecule has 1 atom stereocenters. The van der Waals surface area contributed by atoms with E-state index in [2.05, 4.69) is 15.5 Å². The van der Waals surface area contributed by atoms with Gasteiger partial charge in [0.1, 0.15) is 18.5 Å². The first-order valence-corrected chi connectivity index (χ1v) is 13.5. The van der Waals surface area contributed by atoms with Gasteiger partial charge in [-0.1, -0.05) is 36.4 Å². The van der Waals surface area contributed by atoms with Gasteiger partial charge in [0.05, 0.1) is 24.4 Å². The van der Waals surface area contributed by atoms with Crippen molar-refractivity contribution in [2.75, 3.05) is 25.8 Å². The van der Waals surface area contributed by atoms with Gasteiger partial charge in [0.15, 0.2) is 21.3 Å². The molecule has 0 saturated heterocycles. The minimum Gasteiger partial charge on any atom is -0.443 e. The van der Waals surface area contributed by atoms with Crippen molar-refractivity contribution in [1.29, 1.82) is 0 Å². The standard InChI is InChI=1S/C24H32N6O6S/c1-24(2,25)22(31)26-19(15-35-13-17-9-6-5-7-10-17)21-28-27-20-12-8-11-18(30(20)21)14-36-23(32)29(3)16-37(4,33)34/h5-12,19H,13-16,25H2,1-4H3,(H,26,31)/t19-/m1/s1. The number of nitrogens with two attached hydrogens (primary N) is 1. The number of nitrogens with zero attached hydrogens (tertiary/aromatic N) is 4. The normalized spacial score (nSPS) is 12.8. The van der Waals surface area contributed by atoms with Gasteiger partial charge < -0.3 is 20.5 Å². The Hall–Kier alpha value is -3.55. The van der Waals surface area contributed by atoms with E-state index in [0.29, 0.717) is 23.8 Å². The van der Waals surface area contributed by atoms with Crippen LogP contribution in [0.4, 0.5) is 4.79 Å². The molecular formula is C24H32N6O6S. The van der Waals surface area contributed by atoms with Crippen LogP contribution in [0.2, 0.25) is 0 Å². The van der Waals surface area contributed by atoms with Gasteiger partial charge in [-0.15, -0.1) is 10.2 Å². The Morgan fingerprint density at radius 3 is 2.46 bits per heavy atom. The summed E-state index contributed by atoms with van der Waals surface area (Å²) in [7, 11) is -2.08. The van der Waals surface area contributed by atoms with Gasteiger partial charge >= 0.3 is 6.09 Å². The van der Waals surface area contributed by atoms with E-state index in [4.69, 9.17) is 15.2 Å². The van der Waals surface area contributed by atoms with Crippen molar-refractivity contribution < 1.29 is 27.5 Å². The number of hydrogen-bond donors (Lipinski definition) is 2. The fourth-order valence-electron chi connectivity index (χ4n) is 3.41. The first kappa shape index (κ1) is 28.0. The summed E-state index contributed by atoms with van der Waals surface area (Å²) in [6.07, 6.45) is 0.218. The molecule has 2 aromatic heterocycles. The van der Waals surface area contributed by atoms with Crippen LogP contribution in [-0.2, 0) is 37.3 Å². The molecule has 37 heavy (non-hydrogen) atoms. The van der Waals surface area contributed by atoms with Crippen molar-refractivity contribution in [3.8, 4) is 0 Å². The average molecular weight is 533 g/mol. The van der Waals surface area contributed by atoms with Crippen molar-refractivity contribution in [3.63, 3.8) is 0 Å². The van der Waals surface area contributed by atoms with Crippen LogP contribution in [0, 0.1) is 0 Å². The third kappa shape index (κ3) is 7.97. The highest BCUT2D eigenvalue weighted by molar-refractivity contribution is 7.90. The van der Waals surface area contributed by atoms with E-state index in [1.54, 1.807) is 36.4 Å². The topological polar surface area (TPSA) is 158 Å². The van der Waals surface area contributed by atoms with E-state index in [1.807, 2.05) is 30.3 Å². The van der Waals surface area contributed by atoms with Crippen molar-refractivity contribution in [2.24, 2.45) is 5.73 Å². The molecule has 0 aliphatic rings. The molecule has 0 bridgehead atoms. The summed E-state index contributed by atoms with van der Waals surface area (Å²) in [5.41, 5.74) is 6.77. The summed E-state index contributed by atoms with van der Waals surface area (Å²) in [4.78, 5) is 26.0. The largest absolute Gasteiger partial charge is 0.443 e. The van der Waals surface area contributed by atoms with E-state index in [1.165, 1.54) is 7.05 Å². The van der Waals surface area contributed by atoms with Crippen molar-refractivity contribution in [3.05, 3.63) is 65.6 Å². The molecule has 200 valence electrons. The van der Waals surface area contributed by atoms with Gasteiger partial charge in [-0.2, -0.15) is 0 Å². The molecule has 0 fully saturated rings. The van der Waals surface area contributed by atoms with Crippen LogP contribution in [0.1, 0.15) is 37.0 Å². The zero-order valence-corrected chi connectivity index (χ0v) is 22.1. The van der Waals surface area contributed by atoms with Crippen LogP contribution < -0.4 is 11.1 Å². The smallest absolute Gasteiger partial charge is 0.410 e. The number of rotatable bonds is 11. The predicted molar refractivity (Wildman–Crippen MR) is 136 cm³/mol.